The summed E-state index contributed by atoms with van der Waals surface area (Å²) in [6, 6.07) is 0.600. The van der Waals surface area contributed by atoms with Crippen LogP contribution in [0, 0.1) is 5.92 Å². The van der Waals surface area contributed by atoms with Crippen LogP contribution in [0.3, 0.4) is 0 Å². The summed E-state index contributed by atoms with van der Waals surface area (Å²) in [6.07, 6.45) is -0.589. The van der Waals surface area contributed by atoms with Gasteiger partial charge in [0.1, 0.15) is 23.9 Å². The average molecular weight is 554 g/mol. The fourth-order valence-corrected chi connectivity index (χ4v) is 3.26. The molecule has 15 nitrogen and oxygen atoms in total. The first kappa shape index (κ1) is 32.8. The number of hydrogen-bond donors (Lipinski definition) is 9. The van der Waals surface area contributed by atoms with Gasteiger partial charge in [0.25, 0.3) is 0 Å². The lowest BCUT2D eigenvalue weighted by molar-refractivity contribution is -0.143. The van der Waals surface area contributed by atoms with Crippen molar-refractivity contribution < 1.29 is 49.2 Å². The molecule has 0 spiro atoms. The topological polar surface area (TPSA) is 257 Å². The lowest BCUT2D eigenvalue weighted by Gasteiger charge is -2.24. The van der Waals surface area contributed by atoms with Crippen molar-refractivity contribution in [3.05, 3.63) is 29.8 Å². The van der Waals surface area contributed by atoms with Crippen LogP contribution in [0.4, 0.5) is 0 Å². The number of aliphatic carboxylic acids is 2. The molecule has 0 heterocycles. The summed E-state index contributed by atoms with van der Waals surface area (Å²) in [5.74, 6) is -6.32. The van der Waals surface area contributed by atoms with E-state index < -0.39 is 78.8 Å². The van der Waals surface area contributed by atoms with Crippen molar-refractivity contribution in [2.45, 2.75) is 57.3 Å². The van der Waals surface area contributed by atoms with E-state index >= 15 is 0 Å². The van der Waals surface area contributed by atoms with Crippen LogP contribution in [0.15, 0.2) is 24.3 Å². The average Bonchev–Trinajstić information content (AvgIpc) is 2.87. The summed E-state index contributed by atoms with van der Waals surface area (Å²) in [7, 11) is 0. The number of carboxylic acids is 2. The quantitative estimate of drug-likeness (QED) is 0.103. The Morgan fingerprint density at radius 2 is 1.46 bits per heavy atom. The molecule has 0 radical (unpaired) electrons. The van der Waals surface area contributed by atoms with Crippen molar-refractivity contribution in [3.63, 3.8) is 0 Å². The van der Waals surface area contributed by atoms with Crippen molar-refractivity contribution in [3.8, 4) is 5.75 Å². The zero-order chi connectivity index (χ0) is 29.7. The molecule has 0 saturated heterocycles. The van der Waals surface area contributed by atoms with Gasteiger partial charge in [-0.1, -0.05) is 26.0 Å². The van der Waals surface area contributed by atoms with E-state index in [0.717, 1.165) is 0 Å². The Labute approximate surface area is 224 Å². The van der Waals surface area contributed by atoms with Crippen LogP contribution in [0.2, 0.25) is 0 Å². The SMILES string of the molecule is CC(C)[C@H](NC(=O)CNC(=O)[C@H](Cc1ccc(O)cc1)NC(=O)[C@@H](N)CCC(=O)O)C(=O)N[C@@H](CO)C(=O)O. The molecule has 39 heavy (non-hydrogen) atoms. The highest BCUT2D eigenvalue weighted by Gasteiger charge is 2.29. The first-order chi connectivity index (χ1) is 18.2. The molecule has 0 aliphatic rings. The molecule has 0 fully saturated rings. The van der Waals surface area contributed by atoms with E-state index in [2.05, 4.69) is 21.3 Å². The molecule has 0 aliphatic carbocycles. The molecule has 10 N–H and O–H groups in total. The molecule has 0 bridgehead atoms. The minimum Gasteiger partial charge on any atom is -0.508 e. The van der Waals surface area contributed by atoms with E-state index in [-0.39, 0.29) is 25.0 Å². The number of carbonyl (C=O) groups excluding carboxylic acids is 4. The number of phenolic OH excluding ortho intramolecular Hbond substituents is 1. The van der Waals surface area contributed by atoms with Crippen molar-refractivity contribution in [1.82, 2.24) is 21.3 Å². The number of hydrogen-bond acceptors (Lipinski definition) is 9. The van der Waals surface area contributed by atoms with Gasteiger partial charge >= 0.3 is 11.9 Å². The fraction of sp³-hybridized carbons (Fsp3) is 0.500. The van der Waals surface area contributed by atoms with Crippen molar-refractivity contribution in [1.29, 1.82) is 0 Å². The van der Waals surface area contributed by atoms with Gasteiger partial charge in [-0.25, -0.2) is 4.79 Å². The molecule has 1 aromatic carbocycles. The lowest BCUT2D eigenvalue weighted by atomic mass is 10.0. The summed E-state index contributed by atoms with van der Waals surface area (Å²) in [5, 5.41) is 45.7. The maximum absolute atomic E-state index is 12.9. The third-order valence-electron chi connectivity index (χ3n) is 5.50. The predicted octanol–water partition coefficient (Wildman–Crippen LogP) is -2.57. The van der Waals surface area contributed by atoms with Gasteiger partial charge in [-0.3, -0.25) is 24.0 Å². The van der Waals surface area contributed by atoms with E-state index in [1.807, 2.05) is 0 Å². The molecular formula is C24H35N5O10. The van der Waals surface area contributed by atoms with Gasteiger partial charge in [0.2, 0.25) is 23.6 Å². The van der Waals surface area contributed by atoms with E-state index in [1.54, 1.807) is 13.8 Å². The molecule has 4 atom stereocenters. The molecule has 1 rings (SSSR count). The Bertz CT molecular complexity index is 1030. The lowest BCUT2D eigenvalue weighted by Crippen LogP contribution is -2.57. The van der Waals surface area contributed by atoms with Gasteiger partial charge in [-0.2, -0.15) is 0 Å². The van der Waals surface area contributed by atoms with Crippen LogP contribution in [0.1, 0.15) is 32.3 Å². The molecule has 0 aromatic heterocycles. The van der Waals surface area contributed by atoms with Gasteiger partial charge in [0.05, 0.1) is 19.2 Å². The van der Waals surface area contributed by atoms with E-state index in [4.69, 9.17) is 21.1 Å². The maximum Gasteiger partial charge on any atom is 0.328 e. The summed E-state index contributed by atoms with van der Waals surface area (Å²) >= 11 is 0. The highest BCUT2D eigenvalue weighted by Crippen LogP contribution is 2.12. The molecule has 0 saturated carbocycles. The highest BCUT2D eigenvalue weighted by atomic mass is 16.4. The second-order valence-electron chi connectivity index (χ2n) is 9.06. The van der Waals surface area contributed by atoms with Gasteiger partial charge in [0.15, 0.2) is 0 Å². The summed E-state index contributed by atoms with van der Waals surface area (Å²) < 4.78 is 0. The third-order valence-corrected chi connectivity index (χ3v) is 5.50. The Morgan fingerprint density at radius 1 is 0.872 bits per heavy atom. The van der Waals surface area contributed by atoms with Crippen LogP contribution in [-0.4, -0.2) is 93.3 Å². The van der Waals surface area contributed by atoms with Crippen LogP contribution in [0.25, 0.3) is 0 Å². The maximum atomic E-state index is 12.9. The van der Waals surface area contributed by atoms with Crippen molar-refractivity contribution in [2.24, 2.45) is 11.7 Å². The molecule has 4 amide bonds. The van der Waals surface area contributed by atoms with Crippen LogP contribution < -0.4 is 27.0 Å². The standard InChI is InChI=1S/C24H35N5O10/c1-12(2)20(23(37)28-17(11-30)24(38)39)29-18(32)10-26-22(36)16(9-13-3-5-14(31)6-4-13)27-21(35)15(25)7-8-19(33)34/h3-6,12,15-17,20,30-31H,7-11,25H2,1-2H3,(H,26,36)(H,27,35)(H,28,37)(H,29,32)(H,33,34)(H,38,39)/t15-,16-,17-,20-/m0/s1. The van der Waals surface area contributed by atoms with Gasteiger partial charge in [-0.05, 0) is 30.0 Å². The minimum absolute atomic E-state index is 0.0199. The predicted molar refractivity (Wildman–Crippen MR) is 135 cm³/mol. The number of carboxylic acid groups (broad SMARTS) is 2. The Hall–Kier alpha value is -4.24. The number of aliphatic hydroxyl groups is 1. The number of aromatic hydroxyl groups is 1. The normalized spacial score (nSPS) is 13.9. The van der Waals surface area contributed by atoms with Crippen LogP contribution in [-0.2, 0) is 35.2 Å². The second-order valence-corrected chi connectivity index (χ2v) is 9.06. The van der Waals surface area contributed by atoms with E-state index in [0.29, 0.717) is 5.56 Å². The third kappa shape index (κ3) is 11.8. The zero-order valence-corrected chi connectivity index (χ0v) is 21.5. The Kier molecular flexibility index (Phi) is 13.4. The number of phenols is 1. The number of rotatable bonds is 16. The number of carbonyl (C=O) groups is 6. The monoisotopic (exact) mass is 553 g/mol. The number of aliphatic hydroxyl groups excluding tert-OH is 1. The first-order valence-corrected chi connectivity index (χ1v) is 12.0. The van der Waals surface area contributed by atoms with E-state index in [1.165, 1.54) is 24.3 Å². The molecule has 15 heteroatoms. The fourth-order valence-electron chi connectivity index (χ4n) is 3.26. The Morgan fingerprint density at radius 3 is 1.97 bits per heavy atom. The largest absolute Gasteiger partial charge is 0.508 e. The Balaban J connectivity index is 2.88. The number of nitrogens with one attached hydrogen (secondary N) is 4. The number of nitrogens with two attached hydrogens (primary N) is 1. The highest BCUT2D eigenvalue weighted by molar-refractivity contribution is 5.94. The van der Waals surface area contributed by atoms with Crippen molar-refractivity contribution in [2.75, 3.05) is 13.2 Å². The molecular weight excluding hydrogens is 518 g/mol. The van der Waals surface area contributed by atoms with Gasteiger partial charge in [-0.15, -0.1) is 0 Å². The smallest absolute Gasteiger partial charge is 0.328 e. The number of benzene rings is 1. The number of amides is 4. The summed E-state index contributed by atoms with van der Waals surface area (Å²) in [4.78, 5) is 72.1. The van der Waals surface area contributed by atoms with Crippen molar-refractivity contribution >= 4 is 35.6 Å². The van der Waals surface area contributed by atoms with Crippen LogP contribution >= 0.6 is 0 Å². The summed E-state index contributed by atoms with van der Waals surface area (Å²) in [5.41, 5.74) is 6.28. The summed E-state index contributed by atoms with van der Waals surface area (Å²) in [6.45, 7) is 1.72. The second kappa shape index (κ2) is 15.9. The van der Waals surface area contributed by atoms with Gasteiger partial charge in [0, 0.05) is 12.8 Å². The molecule has 216 valence electrons. The van der Waals surface area contributed by atoms with E-state index in [9.17, 15) is 33.9 Å². The molecule has 0 aliphatic heterocycles. The van der Waals surface area contributed by atoms with Gasteiger partial charge < -0.3 is 47.4 Å². The minimum atomic E-state index is -1.57. The molecule has 0 unspecified atom stereocenters. The zero-order valence-electron chi connectivity index (χ0n) is 21.5. The molecule has 1 aromatic rings. The first-order valence-electron chi connectivity index (χ1n) is 12.0. The van der Waals surface area contributed by atoms with Crippen LogP contribution in [0.5, 0.6) is 5.75 Å².